The van der Waals surface area contributed by atoms with Gasteiger partial charge in [-0.15, -0.1) is 0 Å². The Balaban J connectivity index is -0.000000107. The molecule has 10 heavy (non-hydrogen) atoms. The summed E-state index contributed by atoms with van der Waals surface area (Å²) in [6, 6.07) is 0. The van der Waals surface area contributed by atoms with Crippen molar-refractivity contribution in [1.29, 1.82) is 0 Å². The van der Waals surface area contributed by atoms with Crippen LogP contribution in [0.2, 0.25) is 0 Å². The number of aliphatic hydroxyl groups is 1. The molecule has 0 bridgehead atoms. The molecule has 0 rings (SSSR count). The fourth-order valence-corrected chi connectivity index (χ4v) is 0. The average Bonchev–Trinajstić information content (AvgIpc) is 1.68. The van der Waals surface area contributed by atoms with E-state index in [0.29, 0.717) is 0 Å². The SMILES string of the molecule is CC(O)C(=O)O.[Cl][Zn][Cl].[Zn]. The minimum absolute atomic E-state index is 0. The number of hydrogen-bond donors (Lipinski definition) is 2. The quantitative estimate of drug-likeness (QED) is 0.704. The molecule has 0 radical (unpaired) electrons. The van der Waals surface area contributed by atoms with Crippen LogP contribution in [0.4, 0.5) is 0 Å². The fraction of sp³-hybridized carbons (Fsp3) is 0.667. The maximum atomic E-state index is 9.45. The first kappa shape index (κ1) is 17.4. The predicted molar refractivity (Wildman–Crippen MR) is 31.0 cm³/mol. The molecule has 0 amide bonds. The van der Waals surface area contributed by atoms with Crippen molar-refractivity contribution >= 4 is 25.4 Å². The van der Waals surface area contributed by atoms with Crippen LogP contribution in [0.15, 0.2) is 0 Å². The summed E-state index contributed by atoms with van der Waals surface area (Å²) >= 11 is -0.931. The second-order valence-electron chi connectivity index (χ2n) is 1.12. The molecule has 1 unspecified atom stereocenters. The van der Waals surface area contributed by atoms with Crippen LogP contribution in [0.3, 0.4) is 0 Å². The van der Waals surface area contributed by atoms with Crippen molar-refractivity contribution in [3.05, 3.63) is 0 Å². The van der Waals surface area contributed by atoms with Gasteiger partial charge in [0.25, 0.3) is 0 Å². The smallest absolute Gasteiger partial charge is 0 e. The van der Waals surface area contributed by atoms with Crippen LogP contribution in [0.25, 0.3) is 0 Å². The van der Waals surface area contributed by atoms with Crippen LogP contribution in [-0.2, 0) is 39.4 Å². The van der Waals surface area contributed by atoms with Crippen molar-refractivity contribution in [2.75, 3.05) is 0 Å². The van der Waals surface area contributed by atoms with Crippen LogP contribution in [0.5, 0.6) is 0 Å². The summed E-state index contributed by atoms with van der Waals surface area (Å²) < 4.78 is 0. The van der Waals surface area contributed by atoms with Gasteiger partial charge in [0.2, 0.25) is 0 Å². The molecule has 1 atom stereocenters. The van der Waals surface area contributed by atoms with E-state index >= 15 is 0 Å². The molecule has 0 aliphatic carbocycles. The van der Waals surface area contributed by atoms with E-state index in [0.717, 1.165) is 0 Å². The van der Waals surface area contributed by atoms with Gasteiger partial charge in [-0.25, -0.2) is 4.79 Å². The molecule has 0 aromatic rings. The normalized spacial score (nSPS) is 9.20. The van der Waals surface area contributed by atoms with E-state index in [1.807, 2.05) is 0 Å². The number of carboxylic acid groups (broad SMARTS) is 1. The molecule has 0 fully saturated rings. The standard InChI is InChI=1S/C3H6O3.2ClH.2Zn/c1-2(4)3(5)6;;;;/h2,4H,1H3,(H,5,6);2*1H;;/q;;;;+2/p-2. The minimum atomic E-state index is -1.23. The Hall–Kier alpha value is 1.26. The zero-order chi connectivity index (χ0) is 7.86. The topological polar surface area (TPSA) is 57.5 Å². The van der Waals surface area contributed by atoms with Crippen molar-refractivity contribution in [2.45, 2.75) is 13.0 Å². The number of aliphatic carboxylic acids is 1. The van der Waals surface area contributed by atoms with Gasteiger partial charge in [-0.2, -0.15) is 0 Å². The third-order valence-corrected chi connectivity index (χ3v) is 0.357. The zero-order valence-electron chi connectivity index (χ0n) is 5.55. The van der Waals surface area contributed by atoms with Gasteiger partial charge in [-0.05, 0) is 6.92 Å². The molecule has 7 heteroatoms. The molecule has 0 heterocycles. The Morgan fingerprint density at radius 3 is 1.70 bits per heavy atom. The number of rotatable bonds is 1. The largest absolute Gasteiger partial charge is 0 e. The van der Waals surface area contributed by atoms with E-state index < -0.39 is 27.2 Å². The van der Waals surface area contributed by atoms with Crippen LogP contribution >= 0.6 is 19.4 Å². The first-order valence-electron chi connectivity index (χ1n) is 2.09. The predicted octanol–water partition coefficient (Wildman–Crippen LogP) is 0.826. The fourth-order valence-electron chi connectivity index (χ4n) is 0. The minimum Gasteiger partial charge on any atom is 0 e. The van der Waals surface area contributed by atoms with Gasteiger partial charge in [0.1, 0.15) is 6.10 Å². The molecule has 54 valence electrons. The van der Waals surface area contributed by atoms with Crippen LogP contribution < -0.4 is 0 Å². The molecule has 0 aliphatic heterocycles. The van der Waals surface area contributed by atoms with Gasteiger partial charge in [-0.3, -0.25) is 0 Å². The molecule has 0 aromatic heterocycles. The number of carboxylic acids is 1. The van der Waals surface area contributed by atoms with Crippen molar-refractivity contribution in [3.8, 4) is 0 Å². The van der Waals surface area contributed by atoms with E-state index in [4.69, 9.17) is 29.6 Å². The summed E-state index contributed by atoms with van der Waals surface area (Å²) in [5.74, 6) is -1.19. The Morgan fingerprint density at radius 1 is 1.60 bits per heavy atom. The Morgan fingerprint density at radius 2 is 1.70 bits per heavy atom. The Kier molecular flexibility index (Phi) is 22.4. The van der Waals surface area contributed by atoms with Gasteiger partial charge in [0.15, 0.2) is 0 Å². The van der Waals surface area contributed by atoms with Crippen molar-refractivity contribution < 1.29 is 49.6 Å². The monoisotopic (exact) mass is 288 g/mol. The van der Waals surface area contributed by atoms with Crippen molar-refractivity contribution in [3.63, 3.8) is 0 Å². The summed E-state index contributed by atoms with van der Waals surface area (Å²) in [6.45, 7) is 1.20. The van der Waals surface area contributed by atoms with Crippen LogP contribution in [0, 0.1) is 0 Å². The third kappa shape index (κ3) is 22.8. The molecule has 0 saturated carbocycles. The maximum Gasteiger partial charge on any atom is 0 e. The van der Waals surface area contributed by atoms with Gasteiger partial charge >= 0.3 is 40.5 Å². The summed E-state index contributed by atoms with van der Waals surface area (Å²) in [5, 5.41) is 15.8. The van der Waals surface area contributed by atoms with Gasteiger partial charge < -0.3 is 10.2 Å². The van der Waals surface area contributed by atoms with Crippen molar-refractivity contribution in [2.24, 2.45) is 0 Å². The number of carbonyl (C=O) groups is 1. The Bertz CT molecular complexity index is 80.1. The molecule has 0 aromatic carbocycles. The van der Waals surface area contributed by atoms with E-state index in [-0.39, 0.29) is 19.5 Å². The summed E-state index contributed by atoms with van der Waals surface area (Å²) in [4.78, 5) is 9.45. The first-order chi connectivity index (χ1) is 4.06. The zero-order valence-corrected chi connectivity index (χ0v) is 13.0. The summed E-state index contributed by atoms with van der Waals surface area (Å²) in [7, 11) is 9.90. The number of aliphatic hydroxyl groups excluding tert-OH is 1. The molecule has 3 nitrogen and oxygen atoms in total. The van der Waals surface area contributed by atoms with Gasteiger partial charge in [0, 0.05) is 19.5 Å². The molecule has 0 spiro atoms. The third-order valence-electron chi connectivity index (χ3n) is 0.357. The molecule has 0 aliphatic rings. The number of halogens is 2. The second kappa shape index (κ2) is 12.9. The van der Waals surface area contributed by atoms with E-state index in [1.165, 1.54) is 6.92 Å². The molecule has 0 saturated heterocycles. The van der Waals surface area contributed by atoms with E-state index in [1.54, 1.807) is 0 Å². The average molecular weight is 292 g/mol. The molecular formula is C3H6Cl2O3Zn2. The summed E-state index contributed by atoms with van der Waals surface area (Å²) in [6.07, 6.45) is -1.23. The van der Waals surface area contributed by atoms with Gasteiger partial charge in [0.05, 0.1) is 0 Å². The van der Waals surface area contributed by atoms with E-state index in [9.17, 15) is 4.79 Å². The van der Waals surface area contributed by atoms with Gasteiger partial charge in [-0.1, -0.05) is 0 Å². The molecule has 2 N–H and O–H groups in total. The second-order valence-corrected chi connectivity index (χ2v) is 5.74. The van der Waals surface area contributed by atoms with Crippen molar-refractivity contribution in [1.82, 2.24) is 0 Å². The molecular weight excluding hydrogens is 286 g/mol. The maximum absolute atomic E-state index is 9.45. The van der Waals surface area contributed by atoms with Crippen LogP contribution in [-0.4, -0.2) is 22.3 Å². The first-order valence-corrected chi connectivity index (χ1v) is 9.88. The van der Waals surface area contributed by atoms with Crippen LogP contribution in [0.1, 0.15) is 6.92 Å². The van der Waals surface area contributed by atoms with E-state index in [2.05, 4.69) is 0 Å². The summed E-state index contributed by atoms with van der Waals surface area (Å²) in [5.41, 5.74) is 0. The Labute approximate surface area is 87.5 Å². The number of hydrogen-bond acceptors (Lipinski definition) is 2.